The SMILES string of the molecule is COc1cc(/C=C/C(=O)O)c(Cl)cc1OCc1ccc(F)cc1. The molecular weight excluding hydrogens is 323 g/mol. The van der Waals surface area contributed by atoms with Crippen LogP contribution >= 0.6 is 11.6 Å². The maximum absolute atomic E-state index is 12.9. The van der Waals surface area contributed by atoms with Crippen LogP contribution in [0.3, 0.4) is 0 Å². The first-order valence-electron chi connectivity index (χ1n) is 6.65. The maximum Gasteiger partial charge on any atom is 0.328 e. The van der Waals surface area contributed by atoms with Crippen molar-refractivity contribution < 1.29 is 23.8 Å². The van der Waals surface area contributed by atoms with E-state index in [0.29, 0.717) is 22.1 Å². The van der Waals surface area contributed by atoms with Crippen LogP contribution in [0.1, 0.15) is 11.1 Å². The number of rotatable bonds is 6. The zero-order valence-corrected chi connectivity index (χ0v) is 13.0. The summed E-state index contributed by atoms with van der Waals surface area (Å²) < 4.78 is 23.7. The molecule has 0 aliphatic rings. The fourth-order valence-electron chi connectivity index (χ4n) is 1.85. The van der Waals surface area contributed by atoms with Crippen molar-refractivity contribution in [2.45, 2.75) is 6.61 Å². The molecule has 0 aromatic heterocycles. The highest BCUT2D eigenvalue weighted by Crippen LogP contribution is 2.34. The topological polar surface area (TPSA) is 55.8 Å². The first kappa shape index (κ1) is 16.8. The predicted octanol–water partition coefficient (Wildman–Crippen LogP) is 4.16. The average molecular weight is 337 g/mol. The van der Waals surface area contributed by atoms with Crippen molar-refractivity contribution in [3.05, 3.63) is 64.4 Å². The van der Waals surface area contributed by atoms with E-state index in [4.69, 9.17) is 26.2 Å². The molecular formula is C17H14ClFO4. The molecule has 2 aromatic carbocycles. The van der Waals surface area contributed by atoms with Gasteiger partial charge < -0.3 is 14.6 Å². The first-order valence-corrected chi connectivity index (χ1v) is 7.03. The van der Waals surface area contributed by atoms with E-state index >= 15 is 0 Å². The number of carboxylic acid groups (broad SMARTS) is 1. The number of hydrogen-bond donors (Lipinski definition) is 1. The molecule has 0 unspecified atom stereocenters. The van der Waals surface area contributed by atoms with Gasteiger partial charge in [0.15, 0.2) is 11.5 Å². The van der Waals surface area contributed by atoms with E-state index in [1.807, 2.05) is 0 Å². The Morgan fingerprint density at radius 2 is 1.96 bits per heavy atom. The van der Waals surface area contributed by atoms with Crippen LogP contribution in [0.2, 0.25) is 5.02 Å². The van der Waals surface area contributed by atoms with Gasteiger partial charge in [0.05, 0.1) is 12.1 Å². The minimum absolute atomic E-state index is 0.220. The fourth-order valence-corrected chi connectivity index (χ4v) is 2.07. The van der Waals surface area contributed by atoms with E-state index in [1.165, 1.54) is 25.3 Å². The highest BCUT2D eigenvalue weighted by atomic mass is 35.5. The Morgan fingerprint density at radius 3 is 2.57 bits per heavy atom. The molecule has 0 bridgehead atoms. The highest BCUT2D eigenvalue weighted by Gasteiger charge is 2.10. The zero-order chi connectivity index (χ0) is 16.8. The van der Waals surface area contributed by atoms with Crippen LogP contribution in [0.4, 0.5) is 4.39 Å². The lowest BCUT2D eigenvalue weighted by Gasteiger charge is -2.12. The van der Waals surface area contributed by atoms with Crippen LogP contribution in [0.5, 0.6) is 11.5 Å². The van der Waals surface area contributed by atoms with Gasteiger partial charge in [0, 0.05) is 12.1 Å². The number of aliphatic carboxylic acids is 1. The van der Waals surface area contributed by atoms with Crippen LogP contribution in [-0.4, -0.2) is 18.2 Å². The third-order valence-electron chi connectivity index (χ3n) is 3.00. The summed E-state index contributed by atoms with van der Waals surface area (Å²) in [6.07, 6.45) is 2.36. The lowest BCUT2D eigenvalue weighted by atomic mass is 10.2. The Balaban J connectivity index is 2.19. The standard InChI is InChI=1S/C17H14ClFO4/c1-22-15-8-12(4-7-17(20)21)14(18)9-16(15)23-10-11-2-5-13(19)6-3-11/h2-9H,10H2,1H3,(H,20,21)/b7-4+. The molecule has 23 heavy (non-hydrogen) atoms. The Hall–Kier alpha value is -2.53. The van der Waals surface area contributed by atoms with Crippen LogP contribution < -0.4 is 9.47 Å². The van der Waals surface area contributed by atoms with E-state index in [9.17, 15) is 9.18 Å². The summed E-state index contributed by atoms with van der Waals surface area (Å²) in [4.78, 5) is 10.6. The van der Waals surface area contributed by atoms with Crippen molar-refractivity contribution in [2.24, 2.45) is 0 Å². The number of ether oxygens (including phenoxy) is 2. The summed E-state index contributed by atoms with van der Waals surface area (Å²) >= 11 is 6.12. The van der Waals surface area contributed by atoms with Crippen molar-refractivity contribution in [1.29, 1.82) is 0 Å². The van der Waals surface area contributed by atoms with Crippen LogP contribution in [0.25, 0.3) is 6.08 Å². The highest BCUT2D eigenvalue weighted by molar-refractivity contribution is 6.32. The summed E-state index contributed by atoms with van der Waals surface area (Å²) in [7, 11) is 1.47. The quantitative estimate of drug-likeness (QED) is 0.805. The Kier molecular flexibility index (Phi) is 5.60. The second-order valence-electron chi connectivity index (χ2n) is 4.61. The van der Waals surface area contributed by atoms with Gasteiger partial charge in [-0.25, -0.2) is 9.18 Å². The number of hydrogen-bond acceptors (Lipinski definition) is 3. The Morgan fingerprint density at radius 1 is 1.26 bits per heavy atom. The maximum atomic E-state index is 12.9. The second kappa shape index (κ2) is 7.65. The molecule has 0 aliphatic heterocycles. The molecule has 4 nitrogen and oxygen atoms in total. The lowest BCUT2D eigenvalue weighted by molar-refractivity contribution is -0.131. The number of carbonyl (C=O) groups is 1. The summed E-state index contributed by atoms with van der Waals surface area (Å²) in [5.41, 5.74) is 1.29. The molecule has 6 heteroatoms. The van der Waals surface area contributed by atoms with E-state index in [0.717, 1.165) is 11.6 Å². The van der Waals surface area contributed by atoms with Gasteiger partial charge in [0.25, 0.3) is 0 Å². The average Bonchev–Trinajstić information content (AvgIpc) is 2.53. The molecule has 0 atom stereocenters. The van der Waals surface area contributed by atoms with Crippen molar-refractivity contribution in [2.75, 3.05) is 7.11 Å². The number of carboxylic acids is 1. The molecule has 0 saturated heterocycles. The van der Waals surface area contributed by atoms with Gasteiger partial charge in [-0.05, 0) is 35.4 Å². The number of methoxy groups -OCH3 is 1. The van der Waals surface area contributed by atoms with E-state index in [-0.39, 0.29) is 12.4 Å². The van der Waals surface area contributed by atoms with Crippen LogP contribution in [-0.2, 0) is 11.4 Å². The van der Waals surface area contributed by atoms with Crippen molar-refractivity contribution in [3.63, 3.8) is 0 Å². The fraction of sp³-hybridized carbons (Fsp3) is 0.118. The summed E-state index contributed by atoms with van der Waals surface area (Å²) in [6, 6.07) is 9.07. The molecule has 0 saturated carbocycles. The monoisotopic (exact) mass is 336 g/mol. The van der Waals surface area contributed by atoms with Gasteiger partial charge >= 0.3 is 5.97 Å². The molecule has 0 aliphatic carbocycles. The molecule has 0 spiro atoms. The third kappa shape index (κ3) is 4.72. The summed E-state index contributed by atoms with van der Waals surface area (Å²) in [5, 5.41) is 8.99. The van der Waals surface area contributed by atoms with Crippen molar-refractivity contribution >= 4 is 23.6 Å². The molecule has 120 valence electrons. The molecule has 2 aromatic rings. The molecule has 0 fully saturated rings. The smallest absolute Gasteiger partial charge is 0.328 e. The summed E-state index contributed by atoms with van der Waals surface area (Å²) in [6.45, 7) is 0.220. The lowest BCUT2D eigenvalue weighted by Crippen LogP contribution is -1.98. The minimum Gasteiger partial charge on any atom is -0.493 e. The summed E-state index contributed by atoms with van der Waals surface area (Å²) in [5.74, 6) is -0.559. The largest absolute Gasteiger partial charge is 0.493 e. The molecule has 0 heterocycles. The molecule has 0 amide bonds. The second-order valence-corrected chi connectivity index (χ2v) is 5.02. The van der Waals surface area contributed by atoms with Gasteiger partial charge in [-0.1, -0.05) is 23.7 Å². The van der Waals surface area contributed by atoms with Gasteiger partial charge in [-0.15, -0.1) is 0 Å². The van der Waals surface area contributed by atoms with E-state index in [2.05, 4.69) is 0 Å². The van der Waals surface area contributed by atoms with Crippen molar-refractivity contribution in [3.8, 4) is 11.5 Å². The number of halogens is 2. The van der Waals surface area contributed by atoms with E-state index < -0.39 is 5.97 Å². The minimum atomic E-state index is -1.07. The van der Waals surface area contributed by atoms with Crippen molar-refractivity contribution in [1.82, 2.24) is 0 Å². The molecule has 2 rings (SSSR count). The number of benzene rings is 2. The molecule has 1 N–H and O–H groups in total. The third-order valence-corrected chi connectivity index (χ3v) is 3.32. The van der Waals surface area contributed by atoms with Gasteiger partial charge in [0.1, 0.15) is 12.4 Å². The molecule has 0 radical (unpaired) electrons. The van der Waals surface area contributed by atoms with E-state index in [1.54, 1.807) is 24.3 Å². The van der Waals surface area contributed by atoms with Gasteiger partial charge in [-0.3, -0.25) is 0 Å². The first-order chi connectivity index (χ1) is 11.0. The van der Waals surface area contributed by atoms with Crippen LogP contribution in [0.15, 0.2) is 42.5 Å². The van der Waals surface area contributed by atoms with Crippen LogP contribution in [0, 0.1) is 5.82 Å². The van der Waals surface area contributed by atoms with Gasteiger partial charge in [-0.2, -0.15) is 0 Å². The van der Waals surface area contributed by atoms with Gasteiger partial charge in [0.2, 0.25) is 0 Å². The zero-order valence-electron chi connectivity index (χ0n) is 12.3. The predicted molar refractivity (Wildman–Crippen MR) is 85.4 cm³/mol. The normalized spacial score (nSPS) is 10.7. The Bertz CT molecular complexity index is 726. The Labute approximate surface area is 137 Å².